The number of ether oxygens (including phenoxy) is 1. The highest BCUT2D eigenvalue weighted by molar-refractivity contribution is 7.19. The zero-order valence-electron chi connectivity index (χ0n) is 17.1. The summed E-state index contributed by atoms with van der Waals surface area (Å²) in [5.74, 6) is 0.714. The molecule has 4 heteroatoms. The van der Waals surface area contributed by atoms with Crippen molar-refractivity contribution in [1.29, 1.82) is 0 Å². The van der Waals surface area contributed by atoms with Gasteiger partial charge in [-0.1, -0.05) is 43.7 Å². The van der Waals surface area contributed by atoms with Gasteiger partial charge in [0.15, 0.2) is 5.75 Å². The van der Waals surface area contributed by atoms with Gasteiger partial charge in [0.25, 0.3) is 0 Å². The Bertz CT molecular complexity index is 1030. The van der Waals surface area contributed by atoms with Gasteiger partial charge in [0.05, 0.1) is 5.69 Å². The Morgan fingerprint density at radius 3 is 2.57 bits per heavy atom. The first-order chi connectivity index (χ1) is 13.4. The van der Waals surface area contributed by atoms with Crippen molar-refractivity contribution in [2.45, 2.75) is 59.8 Å². The molecule has 1 aliphatic carbocycles. The van der Waals surface area contributed by atoms with Crippen LogP contribution in [0.5, 0.6) is 5.75 Å². The summed E-state index contributed by atoms with van der Waals surface area (Å²) < 4.78 is 5.94. The van der Waals surface area contributed by atoms with Crippen molar-refractivity contribution in [3.8, 4) is 16.9 Å². The van der Waals surface area contributed by atoms with Gasteiger partial charge in [-0.05, 0) is 56.6 Å². The minimum Gasteiger partial charge on any atom is -0.424 e. The molecule has 0 N–H and O–H groups in total. The molecule has 0 fully saturated rings. The quantitative estimate of drug-likeness (QED) is 0.481. The average Bonchev–Trinajstić information content (AvgIpc) is 3.00. The maximum absolute atomic E-state index is 12.5. The second kappa shape index (κ2) is 7.67. The number of aromatic nitrogens is 1. The number of thiophene rings is 1. The predicted molar refractivity (Wildman–Crippen MR) is 116 cm³/mol. The Morgan fingerprint density at radius 1 is 1.14 bits per heavy atom. The summed E-state index contributed by atoms with van der Waals surface area (Å²) in [6.45, 7) is 8.11. The number of carbonyl (C=O) groups excluding carboxylic acids is 1. The number of nitrogens with zero attached hydrogens (tertiary/aromatic N) is 1. The summed E-state index contributed by atoms with van der Waals surface area (Å²) in [4.78, 5) is 19.9. The highest BCUT2D eigenvalue weighted by Gasteiger charge is 2.25. The number of rotatable bonds is 4. The third kappa shape index (κ3) is 3.58. The van der Waals surface area contributed by atoms with Gasteiger partial charge in [0.1, 0.15) is 4.83 Å². The summed E-state index contributed by atoms with van der Waals surface area (Å²) in [5, 5.41) is 1.20. The number of carbonyl (C=O) groups is 1. The van der Waals surface area contributed by atoms with Crippen molar-refractivity contribution in [2.75, 3.05) is 0 Å². The Kier molecular flexibility index (Phi) is 5.24. The lowest BCUT2D eigenvalue weighted by Crippen LogP contribution is -2.13. The summed E-state index contributed by atoms with van der Waals surface area (Å²) in [6, 6.07) is 8.51. The zero-order valence-corrected chi connectivity index (χ0v) is 17.9. The van der Waals surface area contributed by atoms with Gasteiger partial charge >= 0.3 is 5.97 Å². The van der Waals surface area contributed by atoms with Gasteiger partial charge in [-0.25, -0.2) is 4.98 Å². The molecule has 28 heavy (non-hydrogen) atoms. The van der Waals surface area contributed by atoms with E-state index in [0.717, 1.165) is 34.5 Å². The standard InChI is InChI=1S/C24H27NO2S/c1-14(2)13-20(26)27-23-16(4)25-24-22(18-7-5-6-8-19(18)28-24)21(23)17-11-9-15(3)10-12-17/h9-12,14H,5-8,13H2,1-4H3. The SMILES string of the molecule is Cc1ccc(-c2c(OC(=O)CC(C)C)c(C)nc3sc4c(c23)CCCC4)cc1. The third-order valence-electron chi connectivity index (χ3n) is 5.36. The summed E-state index contributed by atoms with van der Waals surface area (Å²) in [7, 11) is 0. The molecule has 0 atom stereocenters. The van der Waals surface area contributed by atoms with Crippen LogP contribution in [0.25, 0.3) is 21.3 Å². The van der Waals surface area contributed by atoms with E-state index in [1.807, 2.05) is 32.1 Å². The number of fused-ring (bicyclic) bond motifs is 3. The number of hydrogen-bond donors (Lipinski definition) is 0. The summed E-state index contributed by atoms with van der Waals surface area (Å²) in [5.41, 5.74) is 5.56. The molecule has 0 saturated heterocycles. The largest absolute Gasteiger partial charge is 0.424 e. The fraction of sp³-hybridized carbons (Fsp3) is 0.417. The van der Waals surface area contributed by atoms with Gasteiger partial charge in [-0.3, -0.25) is 4.79 Å². The van der Waals surface area contributed by atoms with Crippen LogP contribution < -0.4 is 4.74 Å². The molecule has 3 aromatic rings. The molecule has 0 spiro atoms. The van der Waals surface area contributed by atoms with Crippen LogP contribution in [-0.2, 0) is 17.6 Å². The van der Waals surface area contributed by atoms with E-state index in [2.05, 4.69) is 31.2 Å². The molecule has 0 radical (unpaired) electrons. The molecule has 0 amide bonds. The molecule has 2 aromatic heterocycles. The fourth-order valence-electron chi connectivity index (χ4n) is 3.99. The number of pyridine rings is 1. The lowest BCUT2D eigenvalue weighted by atomic mass is 9.92. The van der Waals surface area contributed by atoms with Crippen LogP contribution in [0.2, 0.25) is 0 Å². The molecule has 0 bridgehead atoms. The van der Waals surface area contributed by atoms with Gasteiger partial charge in [-0.15, -0.1) is 11.3 Å². The number of aryl methyl sites for hydroxylation is 4. The van der Waals surface area contributed by atoms with Crippen molar-refractivity contribution in [1.82, 2.24) is 4.98 Å². The van der Waals surface area contributed by atoms with Crippen LogP contribution in [-0.4, -0.2) is 11.0 Å². The van der Waals surface area contributed by atoms with E-state index in [1.54, 1.807) is 0 Å². The van der Waals surface area contributed by atoms with Crippen molar-refractivity contribution >= 4 is 27.5 Å². The molecular formula is C24H27NO2S. The van der Waals surface area contributed by atoms with E-state index in [1.165, 1.54) is 34.2 Å². The normalized spacial score (nSPS) is 13.8. The lowest BCUT2D eigenvalue weighted by molar-refractivity contribution is -0.135. The minimum atomic E-state index is -0.184. The first kappa shape index (κ1) is 19.1. The Hall–Kier alpha value is -2.20. The molecule has 1 aromatic carbocycles. The molecular weight excluding hydrogens is 366 g/mol. The van der Waals surface area contributed by atoms with E-state index in [9.17, 15) is 4.79 Å². The number of benzene rings is 1. The maximum Gasteiger partial charge on any atom is 0.311 e. The highest BCUT2D eigenvalue weighted by Crippen LogP contribution is 2.46. The molecule has 2 heterocycles. The Morgan fingerprint density at radius 2 is 1.86 bits per heavy atom. The predicted octanol–water partition coefficient (Wildman–Crippen LogP) is 6.41. The van der Waals surface area contributed by atoms with Crippen LogP contribution in [0, 0.1) is 19.8 Å². The van der Waals surface area contributed by atoms with Crippen molar-refractivity contribution in [3.05, 3.63) is 46.0 Å². The van der Waals surface area contributed by atoms with E-state index in [4.69, 9.17) is 9.72 Å². The topological polar surface area (TPSA) is 39.2 Å². The summed E-state index contributed by atoms with van der Waals surface area (Å²) >= 11 is 1.81. The van der Waals surface area contributed by atoms with Gasteiger partial charge in [0.2, 0.25) is 0 Å². The zero-order chi connectivity index (χ0) is 19.8. The molecule has 146 valence electrons. The van der Waals surface area contributed by atoms with Gasteiger partial charge < -0.3 is 4.74 Å². The molecule has 0 saturated carbocycles. The van der Waals surface area contributed by atoms with E-state index < -0.39 is 0 Å². The molecule has 0 unspecified atom stereocenters. The van der Waals surface area contributed by atoms with Crippen LogP contribution in [0.1, 0.15) is 54.8 Å². The fourth-order valence-corrected chi connectivity index (χ4v) is 5.31. The van der Waals surface area contributed by atoms with Crippen molar-refractivity contribution < 1.29 is 9.53 Å². The van der Waals surface area contributed by atoms with Crippen LogP contribution >= 0.6 is 11.3 Å². The average molecular weight is 394 g/mol. The molecule has 1 aliphatic rings. The second-order valence-corrected chi connectivity index (χ2v) is 9.31. The van der Waals surface area contributed by atoms with Crippen molar-refractivity contribution in [2.24, 2.45) is 5.92 Å². The third-order valence-corrected chi connectivity index (χ3v) is 6.54. The number of esters is 1. The maximum atomic E-state index is 12.5. The van der Waals surface area contributed by atoms with Gasteiger partial charge in [0, 0.05) is 22.2 Å². The first-order valence-electron chi connectivity index (χ1n) is 10.2. The molecule has 3 nitrogen and oxygen atoms in total. The Labute approximate surface area is 170 Å². The van der Waals surface area contributed by atoms with E-state index in [0.29, 0.717) is 12.2 Å². The smallest absolute Gasteiger partial charge is 0.311 e. The van der Waals surface area contributed by atoms with Crippen LogP contribution in [0.3, 0.4) is 0 Å². The summed E-state index contributed by atoms with van der Waals surface area (Å²) in [6.07, 6.45) is 5.08. The lowest BCUT2D eigenvalue weighted by Gasteiger charge is -2.17. The monoisotopic (exact) mass is 393 g/mol. The van der Waals surface area contributed by atoms with Crippen LogP contribution in [0.15, 0.2) is 24.3 Å². The van der Waals surface area contributed by atoms with Gasteiger partial charge in [-0.2, -0.15) is 0 Å². The first-order valence-corrected chi connectivity index (χ1v) is 11.0. The minimum absolute atomic E-state index is 0.184. The second-order valence-electron chi connectivity index (χ2n) is 8.23. The van der Waals surface area contributed by atoms with E-state index >= 15 is 0 Å². The van der Waals surface area contributed by atoms with Crippen LogP contribution in [0.4, 0.5) is 0 Å². The molecule has 4 rings (SSSR count). The highest BCUT2D eigenvalue weighted by atomic mass is 32.1. The van der Waals surface area contributed by atoms with E-state index in [-0.39, 0.29) is 11.9 Å². The van der Waals surface area contributed by atoms with Crippen molar-refractivity contribution in [3.63, 3.8) is 0 Å². The number of hydrogen-bond acceptors (Lipinski definition) is 4. The molecule has 0 aliphatic heterocycles. The Balaban J connectivity index is 1.96.